The summed E-state index contributed by atoms with van der Waals surface area (Å²) in [6, 6.07) is 0. The summed E-state index contributed by atoms with van der Waals surface area (Å²) in [6.07, 6.45) is 2.49. The average Bonchev–Trinajstić information content (AvgIpc) is 1.80. The average molecular weight is 146 g/mol. The molecular formula is C7H18OSi. The molecule has 0 unspecified atom stereocenters. The highest BCUT2D eigenvalue weighted by Gasteiger charge is 1.92. The maximum absolute atomic E-state index is 5.47. The van der Waals surface area contributed by atoms with Gasteiger partial charge in [-0.1, -0.05) is 27.2 Å². The van der Waals surface area contributed by atoms with Crippen molar-refractivity contribution in [1.29, 1.82) is 0 Å². The Labute approximate surface area is 60.7 Å². The van der Waals surface area contributed by atoms with E-state index in [1.807, 2.05) is 0 Å². The van der Waals surface area contributed by atoms with Crippen LogP contribution in [0.3, 0.4) is 0 Å². The number of hydrogen-bond donors (Lipinski definition) is 0. The van der Waals surface area contributed by atoms with Gasteiger partial charge in [0.15, 0.2) is 9.76 Å². The predicted octanol–water partition coefficient (Wildman–Crippen LogP) is 1.72. The topological polar surface area (TPSA) is 9.23 Å². The fraction of sp³-hybridized carbons (Fsp3) is 1.00. The molecule has 0 aliphatic rings. The zero-order chi connectivity index (χ0) is 7.11. The lowest BCUT2D eigenvalue weighted by Crippen LogP contribution is -2.03. The molecule has 0 saturated carbocycles. The van der Waals surface area contributed by atoms with Crippen LogP contribution in [0.15, 0.2) is 0 Å². The number of hydrogen-bond acceptors (Lipinski definition) is 1. The minimum absolute atomic E-state index is 0.174. The van der Waals surface area contributed by atoms with Crippen molar-refractivity contribution in [3.8, 4) is 0 Å². The SMILES string of the molecule is CCCCO[SiH2]C(C)C. The van der Waals surface area contributed by atoms with E-state index in [1.165, 1.54) is 12.8 Å². The van der Waals surface area contributed by atoms with Crippen molar-refractivity contribution in [3.05, 3.63) is 0 Å². The van der Waals surface area contributed by atoms with Gasteiger partial charge in [0, 0.05) is 6.61 Å². The van der Waals surface area contributed by atoms with Gasteiger partial charge in [-0.3, -0.25) is 0 Å². The molecule has 0 bridgehead atoms. The fourth-order valence-corrected chi connectivity index (χ4v) is 1.41. The summed E-state index contributed by atoms with van der Waals surface area (Å²) in [5.41, 5.74) is 0.821. The fourth-order valence-electron chi connectivity index (χ4n) is 0.565. The van der Waals surface area contributed by atoms with Crippen molar-refractivity contribution in [2.75, 3.05) is 6.61 Å². The molecular weight excluding hydrogens is 128 g/mol. The van der Waals surface area contributed by atoms with Crippen molar-refractivity contribution in [3.63, 3.8) is 0 Å². The summed E-state index contributed by atoms with van der Waals surface area (Å²) in [4.78, 5) is 0. The van der Waals surface area contributed by atoms with Crippen molar-refractivity contribution in [2.24, 2.45) is 0 Å². The van der Waals surface area contributed by atoms with Crippen molar-refractivity contribution in [2.45, 2.75) is 39.2 Å². The molecule has 0 aromatic heterocycles. The lowest BCUT2D eigenvalue weighted by Gasteiger charge is -2.03. The molecule has 0 heterocycles. The Morgan fingerprint density at radius 1 is 1.44 bits per heavy atom. The van der Waals surface area contributed by atoms with E-state index in [1.54, 1.807) is 0 Å². The smallest absolute Gasteiger partial charge is 0.164 e. The summed E-state index contributed by atoms with van der Waals surface area (Å²) >= 11 is 0. The molecule has 0 saturated heterocycles. The second kappa shape index (κ2) is 6.30. The molecule has 0 N–H and O–H groups in total. The molecule has 2 heteroatoms. The van der Waals surface area contributed by atoms with Crippen LogP contribution in [0.5, 0.6) is 0 Å². The Balaban J connectivity index is 2.75. The van der Waals surface area contributed by atoms with E-state index >= 15 is 0 Å². The lowest BCUT2D eigenvalue weighted by atomic mass is 10.4. The Morgan fingerprint density at radius 3 is 2.56 bits per heavy atom. The molecule has 0 aromatic rings. The minimum Gasteiger partial charge on any atom is -0.424 e. The molecule has 0 aliphatic heterocycles. The van der Waals surface area contributed by atoms with Crippen LogP contribution in [0.25, 0.3) is 0 Å². The highest BCUT2D eigenvalue weighted by atomic mass is 28.2. The van der Waals surface area contributed by atoms with Crippen LogP contribution in [0.2, 0.25) is 5.54 Å². The first-order valence-corrected chi connectivity index (χ1v) is 5.24. The maximum atomic E-state index is 5.47. The van der Waals surface area contributed by atoms with E-state index in [-0.39, 0.29) is 9.76 Å². The monoisotopic (exact) mass is 146 g/mol. The largest absolute Gasteiger partial charge is 0.424 e. The summed E-state index contributed by atoms with van der Waals surface area (Å²) in [5, 5.41) is 0. The van der Waals surface area contributed by atoms with Gasteiger partial charge in [-0.25, -0.2) is 0 Å². The van der Waals surface area contributed by atoms with Crippen LogP contribution < -0.4 is 0 Å². The van der Waals surface area contributed by atoms with Crippen LogP contribution in [0.1, 0.15) is 33.6 Å². The number of rotatable bonds is 5. The first kappa shape index (κ1) is 9.18. The van der Waals surface area contributed by atoms with Gasteiger partial charge in [0.2, 0.25) is 0 Å². The predicted molar refractivity (Wildman–Crippen MR) is 44.5 cm³/mol. The molecule has 0 rings (SSSR count). The van der Waals surface area contributed by atoms with E-state index < -0.39 is 0 Å². The molecule has 1 nitrogen and oxygen atoms in total. The maximum Gasteiger partial charge on any atom is 0.164 e. The second-order valence-corrected chi connectivity index (χ2v) is 5.20. The van der Waals surface area contributed by atoms with E-state index in [0.717, 1.165) is 12.1 Å². The molecule has 0 aromatic carbocycles. The van der Waals surface area contributed by atoms with E-state index in [0.29, 0.717) is 0 Å². The van der Waals surface area contributed by atoms with Gasteiger partial charge >= 0.3 is 0 Å². The first-order valence-electron chi connectivity index (χ1n) is 3.85. The van der Waals surface area contributed by atoms with Gasteiger partial charge in [-0.2, -0.15) is 0 Å². The quantitative estimate of drug-likeness (QED) is 0.424. The lowest BCUT2D eigenvalue weighted by molar-refractivity contribution is 0.322. The van der Waals surface area contributed by atoms with Crippen molar-refractivity contribution >= 4 is 9.76 Å². The van der Waals surface area contributed by atoms with Crippen LogP contribution in [-0.2, 0) is 4.43 Å². The normalized spacial score (nSPS) is 12.0. The van der Waals surface area contributed by atoms with Crippen LogP contribution >= 0.6 is 0 Å². The third-order valence-electron chi connectivity index (χ3n) is 1.09. The van der Waals surface area contributed by atoms with Gasteiger partial charge in [-0.05, 0) is 12.0 Å². The van der Waals surface area contributed by atoms with Gasteiger partial charge in [-0.15, -0.1) is 0 Å². The Kier molecular flexibility index (Phi) is 6.42. The van der Waals surface area contributed by atoms with Gasteiger partial charge in [0.1, 0.15) is 0 Å². The van der Waals surface area contributed by atoms with Crippen molar-refractivity contribution < 1.29 is 4.43 Å². The Hall–Kier alpha value is 0.177. The highest BCUT2D eigenvalue weighted by molar-refractivity contribution is 6.29. The number of unbranched alkanes of at least 4 members (excludes halogenated alkanes) is 1. The van der Waals surface area contributed by atoms with E-state index in [4.69, 9.17) is 4.43 Å². The summed E-state index contributed by atoms with van der Waals surface area (Å²) in [6.45, 7) is 7.66. The zero-order valence-electron chi connectivity index (χ0n) is 6.81. The van der Waals surface area contributed by atoms with Crippen molar-refractivity contribution in [1.82, 2.24) is 0 Å². The summed E-state index contributed by atoms with van der Waals surface area (Å²) in [5.74, 6) is 0. The molecule has 0 radical (unpaired) electrons. The van der Waals surface area contributed by atoms with E-state index in [9.17, 15) is 0 Å². The van der Waals surface area contributed by atoms with Gasteiger partial charge < -0.3 is 4.43 Å². The highest BCUT2D eigenvalue weighted by Crippen LogP contribution is 1.97. The Morgan fingerprint density at radius 2 is 2.11 bits per heavy atom. The second-order valence-electron chi connectivity index (χ2n) is 2.82. The standard InChI is InChI=1S/C7H18OSi/c1-4-5-6-8-9-7(2)3/h7H,4-6,9H2,1-3H3. The molecule has 0 amide bonds. The summed E-state index contributed by atoms with van der Waals surface area (Å²) in [7, 11) is -0.174. The molecule has 0 fully saturated rings. The molecule has 0 spiro atoms. The molecule has 0 aliphatic carbocycles. The third-order valence-corrected chi connectivity index (χ3v) is 2.28. The third kappa shape index (κ3) is 8.18. The summed E-state index contributed by atoms with van der Waals surface area (Å²) < 4.78 is 5.47. The van der Waals surface area contributed by atoms with Crippen LogP contribution in [0, 0.1) is 0 Å². The van der Waals surface area contributed by atoms with E-state index in [2.05, 4.69) is 20.8 Å². The minimum atomic E-state index is -0.174. The van der Waals surface area contributed by atoms with Gasteiger partial charge in [0.25, 0.3) is 0 Å². The first-order chi connectivity index (χ1) is 4.27. The molecule has 56 valence electrons. The zero-order valence-corrected chi connectivity index (χ0v) is 8.23. The van der Waals surface area contributed by atoms with Crippen LogP contribution in [0.4, 0.5) is 0 Å². The Bertz CT molecular complexity index is 54.9. The van der Waals surface area contributed by atoms with Crippen LogP contribution in [-0.4, -0.2) is 16.4 Å². The molecule has 0 atom stereocenters. The molecule has 9 heavy (non-hydrogen) atoms. The van der Waals surface area contributed by atoms with Gasteiger partial charge in [0.05, 0.1) is 0 Å².